The molecule has 3 aromatic rings. The first-order valence-electron chi connectivity index (χ1n) is 10.7. The molecule has 3 aromatic carbocycles. The maximum Gasteiger partial charge on any atom is 0.258 e. The van der Waals surface area contributed by atoms with Crippen LogP contribution >= 0.6 is 0 Å². The lowest BCUT2D eigenvalue weighted by atomic mass is 9.78. The van der Waals surface area contributed by atoms with Crippen molar-refractivity contribution in [2.24, 2.45) is 0 Å². The Morgan fingerprint density at radius 1 is 0.781 bits per heavy atom. The maximum absolute atomic E-state index is 12.2. The maximum atomic E-state index is 12.2. The van der Waals surface area contributed by atoms with Gasteiger partial charge < -0.3 is 15.4 Å². The molecule has 0 unspecified atom stereocenters. The number of benzene rings is 3. The fourth-order valence-corrected chi connectivity index (χ4v) is 3.56. The highest BCUT2D eigenvalue weighted by atomic mass is 16.5. The topological polar surface area (TPSA) is 67.4 Å². The Morgan fingerprint density at radius 3 is 2.00 bits per heavy atom. The zero-order chi connectivity index (χ0) is 23.1. The number of para-hydroxylation sites is 1. The van der Waals surface area contributed by atoms with Crippen molar-refractivity contribution < 1.29 is 14.3 Å². The zero-order valence-electron chi connectivity index (χ0n) is 19.1. The van der Waals surface area contributed by atoms with Crippen LogP contribution in [-0.2, 0) is 15.0 Å². The molecule has 0 saturated carbocycles. The molecular weight excluding hydrogens is 400 g/mol. The molecule has 0 spiro atoms. The van der Waals surface area contributed by atoms with Crippen LogP contribution in [0.1, 0.15) is 36.1 Å². The highest BCUT2D eigenvalue weighted by molar-refractivity contribution is 5.95. The first-order valence-corrected chi connectivity index (χ1v) is 10.7. The van der Waals surface area contributed by atoms with E-state index in [-0.39, 0.29) is 30.4 Å². The van der Waals surface area contributed by atoms with E-state index in [2.05, 4.69) is 36.6 Å². The molecule has 2 amide bonds. The summed E-state index contributed by atoms with van der Waals surface area (Å²) in [6.07, 6.45) is 0. The minimum Gasteiger partial charge on any atom is -0.484 e. The van der Waals surface area contributed by atoms with Gasteiger partial charge in [-0.05, 0) is 48.2 Å². The van der Waals surface area contributed by atoms with Crippen molar-refractivity contribution in [1.29, 1.82) is 0 Å². The minimum absolute atomic E-state index is 0.111. The summed E-state index contributed by atoms with van der Waals surface area (Å²) in [6.45, 7) is 7.95. The first-order chi connectivity index (χ1) is 15.3. The van der Waals surface area contributed by atoms with Crippen LogP contribution in [0.15, 0.2) is 72.8 Å². The first kappa shape index (κ1) is 23.1. The average molecular weight is 431 g/mol. The van der Waals surface area contributed by atoms with Gasteiger partial charge in [0.05, 0.1) is 6.54 Å². The summed E-state index contributed by atoms with van der Waals surface area (Å²) < 4.78 is 5.59. The van der Waals surface area contributed by atoms with Gasteiger partial charge >= 0.3 is 0 Å². The molecule has 2 N–H and O–H groups in total. The van der Waals surface area contributed by atoms with Crippen LogP contribution in [0.5, 0.6) is 5.75 Å². The summed E-state index contributed by atoms with van der Waals surface area (Å²) in [7, 11) is 0. The molecular formula is C27H30N2O3. The van der Waals surface area contributed by atoms with Crippen LogP contribution < -0.4 is 15.4 Å². The standard InChI is InChI=1S/C27H30N2O3/c1-19-9-8-10-20(2)26(19)29-24(30)17-28-25(31)18-32-23-15-13-22(14-16-23)27(3,4)21-11-6-5-7-12-21/h5-16H,17-18H2,1-4H3,(H,28,31)(H,29,30). The Labute approximate surface area is 189 Å². The van der Waals surface area contributed by atoms with E-state index in [1.54, 1.807) is 0 Å². The normalized spacial score (nSPS) is 11.0. The zero-order valence-corrected chi connectivity index (χ0v) is 19.1. The van der Waals surface area contributed by atoms with Crippen molar-refractivity contribution in [3.05, 3.63) is 95.1 Å². The summed E-state index contributed by atoms with van der Waals surface area (Å²) in [6, 6.07) is 23.9. The fraction of sp³-hybridized carbons (Fsp3) is 0.259. The van der Waals surface area contributed by atoms with Gasteiger partial charge in [0.1, 0.15) is 5.75 Å². The summed E-state index contributed by atoms with van der Waals surface area (Å²) in [5, 5.41) is 5.44. The highest BCUT2D eigenvalue weighted by Gasteiger charge is 2.22. The molecule has 166 valence electrons. The molecule has 0 aromatic heterocycles. The van der Waals surface area contributed by atoms with E-state index in [0.29, 0.717) is 5.75 Å². The second-order valence-corrected chi connectivity index (χ2v) is 8.40. The van der Waals surface area contributed by atoms with Gasteiger partial charge in [0.25, 0.3) is 5.91 Å². The number of amides is 2. The van der Waals surface area contributed by atoms with Crippen molar-refractivity contribution in [2.75, 3.05) is 18.5 Å². The molecule has 0 atom stereocenters. The number of rotatable bonds is 8. The average Bonchev–Trinajstić information content (AvgIpc) is 2.79. The predicted molar refractivity (Wildman–Crippen MR) is 128 cm³/mol. The summed E-state index contributed by atoms with van der Waals surface area (Å²) >= 11 is 0. The molecule has 0 heterocycles. The molecule has 0 aliphatic carbocycles. The van der Waals surface area contributed by atoms with E-state index in [0.717, 1.165) is 22.4 Å². The van der Waals surface area contributed by atoms with E-state index in [1.165, 1.54) is 5.56 Å². The monoisotopic (exact) mass is 430 g/mol. The highest BCUT2D eigenvalue weighted by Crippen LogP contribution is 2.32. The molecule has 0 aliphatic heterocycles. The molecule has 0 fully saturated rings. The van der Waals surface area contributed by atoms with Gasteiger partial charge in [-0.25, -0.2) is 0 Å². The van der Waals surface area contributed by atoms with Crippen LogP contribution in [-0.4, -0.2) is 25.0 Å². The van der Waals surface area contributed by atoms with Crippen molar-refractivity contribution in [1.82, 2.24) is 5.32 Å². The van der Waals surface area contributed by atoms with E-state index < -0.39 is 0 Å². The molecule has 32 heavy (non-hydrogen) atoms. The lowest BCUT2D eigenvalue weighted by Gasteiger charge is -2.26. The minimum atomic E-state index is -0.352. The number of hydrogen-bond donors (Lipinski definition) is 2. The molecule has 5 heteroatoms. The predicted octanol–water partition coefficient (Wildman–Crippen LogP) is 4.76. The number of nitrogens with one attached hydrogen (secondary N) is 2. The van der Waals surface area contributed by atoms with E-state index in [9.17, 15) is 9.59 Å². The van der Waals surface area contributed by atoms with Crippen LogP contribution in [0.25, 0.3) is 0 Å². The number of carbonyl (C=O) groups is 2. The largest absolute Gasteiger partial charge is 0.484 e. The third-order valence-electron chi connectivity index (χ3n) is 5.63. The Bertz CT molecular complexity index is 1050. The van der Waals surface area contributed by atoms with Crippen molar-refractivity contribution >= 4 is 17.5 Å². The number of hydrogen-bond acceptors (Lipinski definition) is 3. The lowest BCUT2D eigenvalue weighted by molar-refractivity contribution is -0.125. The number of aryl methyl sites for hydroxylation is 2. The van der Waals surface area contributed by atoms with Gasteiger partial charge in [-0.1, -0.05) is 74.5 Å². The van der Waals surface area contributed by atoms with Gasteiger partial charge in [0, 0.05) is 11.1 Å². The lowest BCUT2D eigenvalue weighted by Crippen LogP contribution is -2.36. The number of carbonyl (C=O) groups excluding carboxylic acids is 2. The van der Waals surface area contributed by atoms with Gasteiger partial charge in [0.2, 0.25) is 5.91 Å². The molecule has 0 radical (unpaired) electrons. The Balaban J connectivity index is 1.48. The Morgan fingerprint density at radius 2 is 1.38 bits per heavy atom. The Kier molecular flexibility index (Phi) is 7.31. The molecule has 0 saturated heterocycles. The number of ether oxygens (including phenoxy) is 1. The van der Waals surface area contributed by atoms with E-state index >= 15 is 0 Å². The summed E-state index contributed by atoms with van der Waals surface area (Å²) in [5.74, 6) is -0.0219. The molecule has 5 nitrogen and oxygen atoms in total. The van der Waals surface area contributed by atoms with Crippen LogP contribution in [0.3, 0.4) is 0 Å². The van der Waals surface area contributed by atoms with Crippen LogP contribution in [0, 0.1) is 13.8 Å². The fourth-order valence-electron chi connectivity index (χ4n) is 3.56. The van der Waals surface area contributed by atoms with Crippen molar-refractivity contribution in [3.8, 4) is 5.75 Å². The smallest absolute Gasteiger partial charge is 0.258 e. The third-order valence-corrected chi connectivity index (χ3v) is 5.63. The van der Waals surface area contributed by atoms with Gasteiger partial charge in [0.15, 0.2) is 6.61 Å². The number of anilines is 1. The Hall–Kier alpha value is -3.60. The second-order valence-electron chi connectivity index (χ2n) is 8.40. The quantitative estimate of drug-likeness (QED) is 0.541. The van der Waals surface area contributed by atoms with Gasteiger partial charge in [-0.15, -0.1) is 0 Å². The van der Waals surface area contributed by atoms with Gasteiger partial charge in [-0.3, -0.25) is 9.59 Å². The van der Waals surface area contributed by atoms with Crippen molar-refractivity contribution in [2.45, 2.75) is 33.1 Å². The summed E-state index contributed by atoms with van der Waals surface area (Å²) in [4.78, 5) is 24.3. The molecule has 0 aliphatic rings. The van der Waals surface area contributed by atoms with Crippen molar-refractivity contribution in [3.63, 3.8) is 0 Å². The third kappa shape index (κ3) is 5.76. The summed E-state index contributed by atoms with van der Waals surface area (Å²) in [5.41, 5.74) is 4.98. The van der Waals surface area contributed by atoms with Crippen LogP contribution in [0.4, 0.5) is 5.69 Å². The van der Waals surface area contributed by atoms with Gasteiger partial charge in [-0.2, -0.15) is 0 Å². The van der Waals surface area contributed by atoms with E-state index in [1.807, 2.05) is 74.5 Å². The molecule has 3 rings (SSSR count). The molecule has 0 bridgehead atoms. The van der Waals surface area contributed by atoms with Crippen LogP contribution in [0.2, 0.25) is 0 Å². The second kappa shape index (κ2) is 10.1. The SMILES string of the molecule is Cc1cccc(C)c1NC(=O)CNC(=O)COc1ccc(C(C)(C)c2ccccc2)cc1. The van der Waals surface area contributed by atoms with E-state index in [4.69, 9.17) is 4.74 Å².